The standard InChI is InChI=1S/C19H25N5O2S2/c1-11-12(2)28-19-16(11)18(26)22-15(23-19)10-27-13(3)17(25)21-6-5-8-24-9-7-20-14(24)4/h7,9,13H,5-6,8,10H2,1-4H3,(H,21,25)(H,22,23,26). The minimum Gasteiger partial charge on any atom is -0.355 e. The van der Waals surface area contributed by atoms with Crippen molar-refractivity contribution in [1.29, 1.82) is 0 Å². The second-order valence-electron chi connectivity index (χ2n) is 6.74. The van der Waals surface area contributed by atoms with Gasteiger partial charge >= 0.3 is 0 Å². The van der Waals surface area contributed by atoms with Crippen LogP contribution >= 0.6 is 23.1 Å². The van der Waals surface area contributed by atoms with Crippen molar-refractivity contribution in [1.82, 2.24) is 24.8 Å². The number of aryl methyl sites for hydroxylation is 4. The summed E-state index contributed by atoms with van der Waals surface area (Å²) >= 11 is 3.00. The maximum atomic E-state index is 12.3. The van der Waals surface area contributed by atoms with Gasteiger partial charge in [-0.05, 0) is 39.7 Å². The highest BCUT2D eigenvalue weighted by atomic mass is 32.2. The minimum atomic E-state index is -0.220. The lowest BCUT2D eigenvalue weighted by Gasteiger charge is -2.12. The van der Waals surface area contributed by atoms with Gasteiger partial charge in [0.15, 0.2) is 0 Å². The number of rotatable bonds is 8. The molecule has 0 aliphatic rings. The molecular weight excluding hydrogens is 394 g/mol. The molecular formula is C19H25N5O2S2. The van der Waals surface area contributed by atoms with Gasteiger partial charge < -0.3 is 14.9 Å². The number of nitrogens with one attached hydrogen (secondary N) is 2. The van der Waals surface area contributed by atoms with Crippen molar-refractivity contribution in [3.05, 3.63) is 44.8 Å². The second-order valence-corrected chi connectivity index (χ2v) is 9.27. The molecule has 3 aromatic heterocycles. The van der Waals surface area contributed by atoms with Crippen LogP contribution in [0.15, 0.2) is 17.2 Å². The summed E-state index contributed by atoms with van der Waals surface area (Å²) in [4.78, 5) is 38.1. The van der Waals surface area contributed by atoms with E-state index in [0.717, 1.165) is 34.1 Å². The third-order valence-electron chi connectivity index (χ3n) is 4.73. The zero-order valence-corrected chi connectivity index (χ0v) is 18.2. The SMILES string of the molecule is Cc1sc2nc(CSC(C)C(=O)NCCCn3ccnc3C)[nH]c(=O)c2c1C. The number of nitrogens with zero attached hydrogens (tertiary/aromatic N) is 3. The lowest BCUT2D eigenvalue weighted by Crippen LogP contribution is -2.32. The number of carbonyl (C=O) groups excluding carboxylic acids is 1. The fourth-order valence-electron chi connectivity index (χ4n) is 2.89. The summed E-state index contributed by atoms with van der Waals surface area (Å²) < 4.78 is 2.07. The van der Waals surface area contributed by atoms with Crippen LogP contribution in [0.2, 0.25) is 0 Å². The van der Waals surface area contributed by atoms with E-state index >= 15 is 0 Å². The molecule has 28 heavy (non-hydrogen) atoms. The molecule has 2 N–H and O–H groups in total. The van der Waals surface area contributed by atoms with E-state index in [9.17, 15) is 9.59 Å². The molecule has 3 rings (SSSR count). The van der Waals surface area contributed by atoms with Crippen molar-refractivity contribution in [2.45, 2.75) is 51.7 Å². The second kappa shape index (κ2) is 8.91. The Balaban J connectivity index is 1.48. The first kappa shape index (κ1) is 20.6. The fraction of sp³-hybridized carbons (Fsp3) is 0.474. The molecule has 3 aromatic rings. The molecule has 9 heteroatoms. The first-order valence-electron chi connectivity index (χ1n) is 9.22. The smallest absolute Gasteiger partial charge is 0.259 e. The van der Waals surface area contributed by atoms with Crippen LogP contribution in [-0.2, 0) is 17.1 Å². The minimum absolute atomic E-state index is 0.00131. The predicted octanol–water partition coefficient (Wildman–Crippen LogP) is 2.93. The third kappa shape index (κ3) is 4.64. The molecule has 0 fully saturated rings. The molecule has 1 amide bonds. The third-order valence-corrected chi connectivity index (χ3v) is 6.98. The van der Waals surface area contributed by atoms with E-state index in [2.05, 4.69) is 24.8 Å². The summed E-state index contributed by atoms with van der Waals surface area (Å²) in [6.07, 6.45) is 4.57. The van der Waals surface area contributed by atoms with Crippen LogP contribution < -0.4 is 10.9 Å². The van der Waals surface area contributed by atoms with Crippen molar-refractivity contribution >= 4 is 39.2 Å². The Hall–Kier alpha value is -2.13. The van der Waals surface area contributed by atoms with Gasteiger partial charge in [-0.25, -0.2) is 9.97 Å². The van der Waals surface area contributed by atoms with Gasteiger partial charge in [0.2, 0.25) is 5.91 Å². The maximum absolute atomic E-state index is 12.3. The van der Waals surface area contributed by atoms with Gasteiger partial charge in [0.05, 0.1) is 16.4 Å². The van der Waals surface area contributed by atoms with E-state index in [1.807, 2.05) is 33.9 Å². The van der Waals surface area contributed by atoms with Crippen LogP contribution in [-0.4, -0.2) is 37.2 Å². The zero-order chi connectivity index (χ0) is 20.3. The van der Waals surface area contributed by atoms with E-state index in [0.29, 0.717) is 23.5 Å². The maximum Gasteiger partial charge on any atom is 0.259 e. The van der Waals surface area contributed by atoms with Crippen molar-refractivity contribution < 1.29 is 4.79 Å². The number of imidazole rings is 1. The molecule has 7 nitrogen and oxygen atoms in total. The van der Waals surface area contributed by atoms with Crippen molar-refractivity contribution in [2.75, 3.05) is 6.54 Å². The normalized spacial score (nSPS) is 12.4. The van der Waals surface area contributed by atoms with Gasteiger partial charge in [0.25, 0.3) is 5.56 Å². The molecule has 0 radical (unpaired) electrons. The Kier molecular flexibility index (Phi) is 6.56. The molecule has 1 unspecified atom stereocenters. The quantitative estimate of drug-likeness (QED) is 0.548. The van der Waals surface area contributed by atoms with Gasteiger partial charge in [-0.2, -0.15) is 0 Å². The Morgan fingerprint density at radius 2 is 2.18 bits per heavy atom. The van der Waals surface area contributed by atoms with Crippen LogP contribution in [0.1, 0.15) is 35.4 Å². The monoisotopic (exact) mass is 419 g/mol. The Morgan fingerprint density at radius 3 is 2.89 bits per heavy atom. The number of thioether (sulfide) groups is 1. The summed E-state index contributed by atoms with van der Waals surface area (Å²) in [7, 11) is 0. The number of aromatic nitrogens is 4. The van der Waals surface area contributed by atoms with Crippen LogP contribution in [0.3, 0.4) is 0 Å². The molecule has 1 atom stereocenters. The Labute approximate surface area is 172 Å². The highest BCUT2D eigenvalue weighted by molar-refractivity contribution is 7.99. The number of aromatic amines is 1. The molecule has 0 aliphatic carbocycles. The number of carbonyl (C=O) groups is 1. The Bertz CT molecular complexity index is 1040. The Morgan fingerprint density at radius 1 is 1.39 bits per heavy atom. The van der Waals surface area contributed by atoms with Crippen LogP contribution in [0, 0.1) is 20.8 Å². The lowest BCUT2D eigenvalue weighted by molar-refractivity contribution is -0.120. The molecule has 0 aliphatic heterocycles. The van der Waals surface area contributed by atoms with Gasteiger partial charge in [-0.1, -0.05) is 0 Å². The fourth-order valence-corrected chi connectivity index (χ4v) is 4.72. The van der Waals surface area contributed by atoms with Gasteiger partial charge in [0, 0.05) is 30.4 Å². The van der Waals surface area contributed by atoms with Gasteiger partial charge in [-0.15, -0.1) is 23.1 Å². The number of amides is 1. The highest BCUT2D eigenvalue weighted by Gasteiger charge is 2.16. The first-order valence-corrected chi connectivity index (χ1v) is 11.1. The van der Waals surface area contributed by atoms with Crippen molar-refractivity contribution in [3.63, 3.8) is 0 Å². The average Bonchev–Trinajstić information content (AvgIpc) is 3.19. The van der Waals surface area contributed by atoms with E-state index in [1.165, 1.54) is 23.1 Å². The van der Waals surface area contributed by atoms with E-state index in [1.54, 1.807) is 6.20 Å². The molecule has 0 spiro atoms. The molecule has 0 saturated heterocycles. The summed E-state index contributed by atoms with van der Waals surface area (Å²) in [5, 5.41) is 3.43. The van der Waals surface area contributed by atoms with E-state index < -0.39 is 0 Å². The van der Waals surface area contributed by atoms with E-state index in [-0.39, 0.29) is 16.7 Å². The van der Waals surface area contributed by atoms with Crippen LogP contribution in [0.4, 0.5) is 0 Å². The van der Waals surface area contributed by atoms with Gasteiger partial charge in [0.1, 0.15) is 16.5 Å². The van der Waals surface area contributed by atoms with Crippen molar-refractivity contribution in [3.8, 4) is 0 Å². The van der Waals surface area contributed by atoms with Crippen molar-refractivity contribution in [2.24, 2.45) is 0 Å². The highest BCUT2D eigenvalue weighted by Crippen LogP contribution is 2.26. The van der Waals surface area contributed by atoms with Crippen LogP contribution in [0.5, 0.6) is 0 Å². The lowest BCUT2D eigenvalue weighted by atomic mass is 10.2. The summed E-state index contributed by atoms with van der Waals surface area (Å²) in [5.74, 6) is 2.08. The largest absolute Gasteiger partial charge is 0.355 e. The number of fused-ring (bicyclic) bond motifs is 1. The summed E-state index contributed by atoms with van der Waals surface area (Å²) in [6.45, 7) is 9.23. The van der Waals surface area contributed by atoms with E-state index in [4.69, 9.17) is 0 Å². The number of H-pyrrole nitrogens is 1. The number of hydrogen-bond donors (Lipinski definition) is 2. The summed E-state index contributed by atoms with van der Waals surface area (Å²) in [6, 6.07) is 0. The molecule has 3 heterocycles. The average molecular weight is 420 g/mol. The number of hydrogen-bond acceptors (Lipinski definition) is 6. The molecule has 150 valence electrons. The number of thiophene rings is 1. The molecule has 0 saturated carbocycles. The first-order chi connectivity index (χ1) is 13.4. The topological polar surface area (TPSA) is 92.7 Å². The zero-order valence-electron chi connectivity index (χ0n) is 16.5. The molecule has 0 aromatic carbocycles. The summed E-state index contributed by atoms with van der Waals surface area (Å²) in [5.41, 5.74) is 0.890. The predicted molar refractivity (Wildman–Crippen MR) is 115 cm³/mol. The van der Waals surface area contributed by atoms with Gasteiger partial charge in [-0.3, -0.25) is 9.59 Å². The molecule has 0 bridgehead atoms. The van der Waals surface area contributed by atoms with Crippen LogP contribution in [0.25, 0.3) is 10.2 Å².